The average Bonchev–Trinajstić information content (AvgIpc) is 3.01. The number of hydrogen-bond acceptors (Lipinski definition) is 6. The van der Waals surface area contributed by atoms with Gasteiger partial charge in [-0.2, -0.15) is 0 Å². The lowest BCUT2D eigenvalue weighted by atomic mass is 10.4. The van der Waals surface area contributed by atoms with E-state index in [9.17, 15) is 13.2 Å². The third-order valence-electron chi connectivity index (χ3n) is 2.94. The Bertz CT molecular complexity index is 727. The highest BCUT2D eigenvalue weighted by atomic mass is 32.2. The van der Waals surface area contributed by atoms with Crippen LogP contribution in [0.25, 0.3) is 0 Å². The minimum Gasteiger partial charge on any atom is -0.351 e. The fourth-order valence-electron chi connectivity index (χ4n) is 1.81. The highest BCUT2D eigenvalue weighted by molar-refractivity contribution is 7.91. The number of aromatic nitrogens is 1. The molecule has 8 heteroatoms. The van der Waals surface area contributed by atoms with E-state index in [0.29, 0.717) is 28.6 Å². The van der Waals surface area contributed by atoms with Gasteiger partial charge in [0.25, 0.3) is 5.91 Å². The van der Waals surface area contributed by atoms with E-state index in [0.717, 1.165) is 0 Å². The molecular weight excluding hydrogens is 322 g/mol. The number of benzene rings is 1. The molecule has 0 fully saturated rings. The lowest BCUT2D eigenvalue weighted by Crippen LogP contribution is -2.26. The summed E-state index contributed by atoms with van der Waals surface area (Å²) in [4.78, 5) is 16.2. The molecule has 0 aliphatic rings. The Hall–Kier alpha value is -1.77. The molecule has 1 aromatic heterocycles. The van der Waals surface area contributed by atoms with E-state index in [1.54, 1.807) is 35.7 Å². The summed E-state index contributed by atoms with van der Waals surface area (Å²) in [6, 6.07) is 8.27. The van der Waals surface area contributed by atoms with E-state index < -0.39 is 9.84 Å². The van der Waals surface area contributed by atoms with Crippen LogP contribution in [0.15, 0.2) is 40.6 Å². The van der Waals surface area contributed by atoms with Crippen molar-refractivity contribution in [1.29, 1.82) is 0 Å². The van der Waals surface area contributed by atoms with E-state index in [1.807, 2.05) is 0 Å². The second-order valence-corrected chi connectivity index (χ2v) is 7.62. The van der Waals surface area contributed by atoms with Gasteiger partial charge in [0.1, 0.15) is 10.7 Å². The predicted molar refractivity (Wildman–Crippen MR) is 85.5 cm³/mol. The summed E-state index contributed by atoms with van der Waals surface area (Å²) >= 11 is 1.33. The Morgan fingerprint density at radius 1 is 1.27 bits per heavy atom. The Balaban J connectivity index is 1.81. The number of hydrogen-bond donors (Lipinski definition) is 2. The van der Waals surface area contributed by atoms with Gasteiger partial charge < -0.3 is 11.1 Å². The van der Waals surface area contributed by atoms with E-state index in [4.69, 9.17) is 5.73 Å². The third kappa shape index (κ3) is 4.36. The lowest BCUT2D eigenvalue weighted by Gasteiger charge is -2.05. The van der Waals surface area contributed by atoms with Crippen molar-refractivity contribution in [2.45, 2.75) is 17.9 Å². The van der Waals surface area contributed by atoms with Gasteiger partial charge in [0, 0.05) is 18.5 Å². The Morgan fingerprint density at radius 2 is 2.00 bits per heavy atom. The quantitative estimate of drug-likeness (QED) is 0.738. The summed E-state index contributed by atoms with van der Waals surface area (Å²) in [5.41, 5.74) is 5.75. The van der Waals surface area contributed by atoms with Crippen LogP contribution < -0.4 is 11.1 Å². The molecule has 2 aromatic rings. The number of nitrogens with one attached hydrogen (secondary N) is 1. The molecule has 0 bridgehead atoms. The molecule has 6 nitrogen and oxygen atoms in total. The second-order valence-electron chi connectivity index (χ2n) is 4.57. The van der Waals surface area contributed by atoms with Crippen LogP contribution in [0.1, 0.15) is 21.9 Å². The number of nitrogens with zero attached hydrogens (tertiary/aromatic N) is 1. The first-order chi connectivity index (χ1) is 10.5. The number of amides is 1. The van der Waals surface area contributed by atoms with Gasteiger partial charge >= 0.3 is 0 Å². The van der Waals surface area contributed by atoms with E-state index in [2.05, 4.69) is 10.3 Å². The van der Waals surface area contributed by atoms with Gasteiger partial charge in [0.05, 0.1) is 10.6 Å². The zero-order valence-electron chi connectivity index (χ0n) is 11.9. The minimum atomic E-state index is -3.30. The van der Waals surface area contributed by atoms with Crippen LogP contribution in [0.3, 0.4) is 0 Å². The first-order valence-corrected chi connectivity index (χ1v) is 9.26. The molecule has 1 aromatic carbocycles. The van der Waals surface area contributed by atoms with Crippen molar-refractivity contribution in [3.63, 3.8) is 0 Å². The highest BCUT2D eigenvalue weighted by Crippen LogP contribution is 2.11. The number of carbonyl (C=O) groups is 1. The molecular formula is C14H17N3O3S2. The van der Waals surface area contributed by atoms with Crippen LogP contribution in [0.2, 0.25) is 0 Å². The van der Waals surface area contributed by atoms with Gasteiger partial charge in [-0.1, -0.05) is 18.2 Å². The summed E-state index contributed by atoms with van der Waals surface area (Å²) < 4.78 is 24.1. The smallest absolute Gasteiger partial charge is 0.270 e. The summed E-state index contributed by atoms with van der Waals surface area (Å²) in [5, 5.41) is 4.99. The van der Waals surface area contributed by atoms with Gasteiger partial charge in [0.15, 0.2) is 9.84 Å². The second kappa shape index (κ2) is 7.48. The van der Waals surface area contributed by atoms with Crippen LogP contribution in [0.5, 0.6) is 0 Å². The van der Waals surface area contributed by atoms with E-state index >= 15 is 0 Å². The molecule has 118 valence electrons. The molecule has 2 rings (SSSR count). The van der Waals surface area contributed by atoms with Crippen LogP contribution in [0, 0.1) is 0 Å². The maximum absolute atomic E-state index is 12.1. The summed E-state index contributed by atoms with van der Waals surface area (Å²) in [6.07, 6.45) is 0.344. The van der Waals surface area contributed by atoms with Crippen molar-refractivity contribution >= 4 is 27.1 Å². The normalized spacial score (nSPS) is 11.3. The predicted octanol–water partition coefficient (Wildman–Crippen LogP) is 1.20. The molecule has 0 aliphatic carbocycles. The molecule has 0 atom stereocenters. The van der Waals surface area contributed by atoms with Crippen LogP contribution in [-0.2, 0) is 16.4 Å². The topological polar surface area (TPSA) is 102 Å². The molecule has 3 N–H and O–H groups in total. The van der Waals surface area contributed by atoms with Crippen molar-refractivity contribution < 1.29 is 13.2 Å². The Morgan fingerprint density at radius 3 is 2.64 bits per heavy atom. The van der Waals surface area contributed by atoms with Gasteiger partial charge in [-0.25, -0.2) is 13.4 Å². The molecule has 1 heterocycles. The molecule has 1 amide bonds. The fourth-order valence-corrected chi connectivity index (χ4v) is 3.80. The molecule has 0 spiro atoms. The SMILES string of the molecule is NCc1nc(C(=O)NCCCS(=O)(=O)c2ccccc2)cs1. The number of sulfone groups is 1. The number of thiazole rings is 1. The number of nitrogens with two attached hydrogens (primary N) is 1. The molecule has 0 unspecified atom stereocenters. The van der Waals surface area contributed by atoms with Crippen LogP contribution in [-0.4, -0.2) is 31.6 Å². The summed E-state index contributed by atoms with van der Waals surface area (Å²) in [7, 11) is -3.30. The largest absolute Gasteiger partial charge is 0.351 e. The zero-order valence-corrected chi connectivity index (χ0v) is 13.5. The van der Waals surface area contributed by atoms with E-state index in [1.165, 1.54) is 11.3 Å². The monoisotopic (exact) mass is 339 g/mol. The van der Waals surface area contributed by atoms with E-state index in [-0.39, 0.29) is 18.2 Å². The van der Waals surface area contributed by atoms with Gasteiger partial charge in [-0.15, -0.1) is 11.3 Å². The van der Waals surface area contributed by atoms with Gasteiger partial charge in [-0.05, 0) is 18.6 Å². The molecule has 22 heavy (non-hydrogen) atoms. The zero-order chi connectivity index (χ0) is 16.0. The first kappa shape index (κ1) is 16.6. The van der Waals surface area contributed by atoms with Gasteiger partial charge in [-0.3, -0.25) is 4.79 Å². The van der Waals surface area contributed by atoms with Crippen molar-refractivity contribution in [2.75, 3.05) is 12.3 Å². The lowest BCUT2D eigenvalue weighted by molar-refractivity contribution is 0.0949. The summed E-state index contributed by atoms with van der Waals surface area (Å²) in [6.45, 7) is 0.577. The maximum Gasteiger partial charge on any atom is 0.270 e. The number of rotatable bonds is 7. The van der Waals surface area contributed by atoms with Crippen LogP contribution >= 0.6 is 11.3 Å². The van der Waals surface area contributed by atoms with Crippen molar-refractivity contribution in [3.05, 3.63) is 46.4 Å². The molecule has 0 saturated carbocycles. The van der Waals surface area contributed by atoms with Crippen molar-refractivity contribution in [1.82, 2.24) is 10.3 Å². The Labute approximate surface area is 133 Å². The third-order valence-corrected chi connectivity index (χ3v) is 5.62. The van der Waals surface area contributed by atoms with Crippen molar-refractivity contribution in [2.24, 2.45) is 5.73 Å². The fraction of sp³-hybridized carbons (Fsp3) is 0.286. The minimum absolute atomic E-state index is 0.0115. The standard InChI is InChI=1S/C14H17N3O3S2/c15-9-13-17-12(10-21-13)14(18)16-7-4-8-22(19,20)11-5-2-1-3-6-11/h1-3,5-6,10H,4,7-9,15H2,(H,16,18). The highest BCUT2D eigenvalue weighted by Gasteiger charge is 2.14. The molecule has 0 saturated heterocycles. The summed E-state index contributed by atoms with van der Waals surface area (Å²) in [5.74, 6) is -0.323. The average molecular weight is 339 g/mol. The molecule has 0 aliphatic heterocycles. The van der Waals surface area contributed by atoms with Gasteiger partial charge in [0.2, 0.25) is 0 Å². The van der Waals surface area contributed by atoms with Crippen LogP contribution in [0.4, 0.5) is 0 Å². The maximum atomic E-state index is 12.1. The van der Waals surface area contributed by atoms with Crippen molar-refractivity contribution in [3.8, 4) is 0 Å². The first-order valence-electron chi connectivity index (χ1n) is 6.73. The number of carbonyl (C=O) groups excluding carboxylic acids is 1. The molecule has 0 radical (unpaired) electrons. The Kier molecular flexibility index (Phi) is 5.64.